The van der Waals surface area contributed by atoms with Crippen molar-refractivity contribution < 1.29 is 18.0 Å². The molecule has 0 aliphatic heterocycles. The average Bonchev–Trinajstić information content (AvgIpc) is 2.81. The summed E-state index contributed by atoms with van der Waals surface area (Å²) in [4.78, 5) is 30.9. The summed E-state index contributed by atoms with van der Waals surface area (Å²) in [7, 11) is -2.05. The number of anilines is 5. The Morgan fingerprint density at radius 3 is 2.42 bits per heavy atom. The van der Waals surface area contributed by atoms with E-state index in [2.05, 4.69) is 31.1 Å². The van der Waals surface area contributed by atoms with Gasteiger partial charge in [-0.3, -0.25) is 13.9 Å². The predicted octanol–water partition coefficient (Wildman–Crippen LogP) is 3.62. The Labute approximate surface area is 211 Å². The number of sulfonamides is 1. The maximum atomic E-state index is 12.8. The van der Waals surface area contributed by atoms with Gasteiger partial charge >= 0.3 is 0 Å². The number of nitrogens with one attached hydrogen (secondary N) is 3. The highest BCUT2D eigenvalue weighted by atomic mass is 32.2. The van der Waals surface area contributed by atoms with Gasteiger partial charge in [0, 0.05) is 31.1 Å². The van der Waals surface area contributed by atoms with Crippen LogP contribution in [0.5, 0.6) is 0 Å². The van der Waals surface area contributed by atoms with Crippen LogP contribution in [0.4, 0.5) is 28.7 Å². The first-order chi connectivity index (χ1) is 17.0. The fraction of sp³-hybridized carbons (Fsp3) is 0.333. The van der Waals surface area contributed by atoms with Crippen LogP contribution in [0.15, 0.2) is 36.5 Å². The molecular formula is C24H31N7O4S. The molecule has 0 aliphatic carbocycles. The van der Waals surface area contributed by atoms with Crippen molar-refractivity contribution >= 4 is 44.6 Å². The molecule has 0 fully saturated rings. The van der Waals surface area contributed by atoms with Gasteiger partial charge in [0.15, 0.2) is 0 Å². The van der Waals surface area contributed by atoms with Crippen molar-refractivity contribution in [1.29, 1.82) is 0 Å². The van der Waals surface area contributed by atoms with Gasteiger partial charge in [0.05, 0.1) is 35.5 Å². The molecule has 12 heteroatoms. The van der Waals surface area contributed by atoms with Crippen molar-refractivity contribution in [3.8, 4) is 0 Å². The van der Waals surface area contributed by atoms with Crippen molar-refractivity contribution in [1.82, 2.24) is 20.4 Å². The normalized spacial score (nSPS) is 11.2. The van der Waals surface area contributed by atoms with E-state index in [0.29, 0.717) is 34.5 Å². The Balaban J connectivity index is 2.07. The van der Waals surface area contributed by atoms with E-state index in [0.717, 1.165) is 23.9 Å². The molecule has 192 valence electrons. The number of hydrogen-bond acceptors (Lipinski definition) is 9. The zero-order valence-corrected chi connectivity index (χ0v) is 22.0. The molecule has 2 aromatic heterocycles. The minimum absolute atomic E-state index is 0.205. The van der Waals surface area contributed by atoms with Crippen molar-refractivity contribution in [2.24, 2.45) is 0 Å². The molecule has 0 bridgehead atoms. The van der Waals surface area contributed by atoms with Crippen LogP contribution < -0.4 is 20.4 Å². The molecule has 0 saturated heterocycles. The standard InChI is InChI=1S/C24H31N7O4S/c1-7-17-9-10-19(21(12-17)31(5)36(6,33)34)28-20-13-22(25-14-18(20)24(32)30-35-8-2)29-23-11-15(3)26-16(4)27-23/h9-14H,7-8H2,1-6H3,(H,30,32)(H2,25,26,27,28,29). The summed E-state index contributed by atoms with van der Waals surface area (Å²) in [6.45, 7) is 7.68. The van der Waals surface area contributed by atoms with Gasteiger partial charge in [-0.1, -0.05) is 13.0 Å². The van der Waals surface area contributed by atoms with Gasteiger partial charge in [-0.2, -0.15) is 0 Å². The Kier molecular flexibility index (Phi) is 8.43. The van der Waals surface area contributed by atoms with Gasteiger partial charge in [0.25, 0.3) is 5.91 Å². The van der Waals surface area contributed by atoms with E-state index < -0.39 is 15.9 Å². The second-order valence-electron chi connectivity index (χ2n) is 8.11. The molecule has 0 atom stereocenters. The van der Waals surface area contributed by atoms with Crippen LogP contribution in [0.1, 0.15) is 41.3 Å². The smallest absolute Gasteiger partial charge is 0.278 e. The summed E-state index contributed by atoms with van der Waals surface area (Å²) in [6.07, 6.45) is 3.27. The molecule has 36 heavy (non-hydrogen) atoms. The third kappa shape index (κ3) is 6.67. The number of aromatic nitrogens is 3. The average molecular weight is 514 g/mol. The first kappa shape index (κ1) is 26.8. The molecule has 0 aliphatic rings. The SMILES string of the molecule is CCONC(=O)c1cnc(Nc2cc(C)nc(C)n2)cc1Nc1ccc(CC)cc1N(C)S(C)(=O)=O. The monoisotopic (exact) mass is 513 g/mol. The maximum Gasteiger partial charge on any atom is 0.278 e. The van der Waals surface area contributed by atoms with E-state index in [1.807, 2.05) is 19.9 Å². The molecule has 0 saturated carbocycles. The number of nitrogens with zero attached hydrogens (tertiary/aromatic N) is 4. The van der Waals surface area contributed by atoms with Crippen LogP contribution in [-0.4, -0.2) is 49.2 Å². The Morgan fingerprint density at radius 2 is 1.78 bits per heavy atom. The topological polar surface area (TPSA) is 138 Å². The van der Waals surface area contributed by atoms with Crippen LogP contribution in [-0.2, 0) is 21.3 Å². The summed E-state index contributed by atoms with van der Waals surface area (Å²) in [5.74, 6) is 1.07. The summed E-state index contributed by atoms with van der Waals surface area (Å²) in [6, 6.07) is 8.90. The van der Waals surface area contributed by atoms with Gasteiger partial charge in [0.2, 0.25) is 10.0 Å². The number of amides is 1. The van der Waals surface area contributed by atoms with E-state index in [1.165, 1.54) is 17.5 Å². The molecule has 1 aromatic carbocycles. The van der Waals surface area contributed by atoms with E-state index >= 15 is 0 Å². The highest BCUT2D eigenvalue weighted by Gasteiger charge is 2.20. The van der Waals surface area contributed by atoms with Gasteiger partial charge in [-0.05, 0) is 44.9 Å². The number of aryl methyl sites for hydroxylation is 3. The molecule has 3 aromatic rings. The van der Waals surface area contributed by atoms with Crippen LogP contribution in [0.3, 0.4) is 0 Å². The van der Waals surface area contributed by atoms with Gasteiger partial charge < -0.3 is 10.6 Å². The van der Waals surface area contributed by atoms with Gasteiger partial charge in [-0.15, -0.1) is 0 Å². The lowest BCUT2D eigenvalue weighted by molar-refractivity contribution is 0.0365. The quantitative estimate of drug-likeness (QED) is 0.347. The molecule has 0 unspecified atom stereocenters. The fourth-order valence-corrected chi connectivity index (χ4v) is 3.91. The first-order valence-electron chi connectivity index (χ1n) is 11.4. The molecule has 2 heterocycles. The third-order valence-electron chi connectivity index (χ3n) is 5.26. The number of hydrogen-bond donors (Lipinski definition) is 3. The number of benzene rings is 1. The van der Waals surface area contributed by atoms with Crippen molar-refractivity contribution in [3.63, 3.8) is 0 Å². The maximum absolute atomic E-state index is 12.8. The van der Waals surface area contributed by atoms with E-state index in [4.69, 9.17) is 4.84 Å². The van der Waals surface area contributed by atoms with E-state index in [9.17, 15) is 13.2 Å². The minimum atomic E-state index is -3.54. The van der Waals surface area contributed by atoms with Crippen molar-refractivity contribution in [2.75, 3.05) is 34.8 Å². The van der Waals surface area contributed by atoms with Crippen molar-refractivity contribution in [2.45, 2.75) is 34.1 Å². The van der Waals surface area contributed by atoms with Crippen LogP contribution in [0, 0.1) is 13.8 Å². The highest BCUT2D eigenvalue weighted by molar-refractivity contribution is 7.92. The van der Waals surface area contributed by atoms with Crippen LogP contribution in [0.2, 0.25) is 0 Å². The first-order valence-corrected chi connectivity index (χ1v) is 13.2. The second kappa shape index (κ2) is 11.3. The number of carbonyl (C=O) groups excluding carboxylic acids is 1. The van der Waals surface area contributed by atoms with Crippen LogP contribution >= 0.6 is 0 Å². The summed E-state index contributed by atoms with van der Waals surface area (Å²) < 4.78 is 25.8. The Morgan fingerprint density at radius 1 is 1.03 bits per heavy atom. The van der Waals surface area contributed by atoms with Gasteiger partial charge in [-0.25, -0.2) is 28.8 Å². The number of hydroxylamine groups is 1. The van der Waals surface area contributed by atoms with E-state index in [1.54, 1.807) is 38.1 Å². The molecule has 3 rings (SSSR count). The summed E-state index contributed by atoms with van der Waals surface area (Å²) >= 11 is 0. The Hall–Kier alpha value is -3.77. The molecule has 11 nitrogen and oxygen atoms in total. The zero-order valence-electron chi connectivity index (χ0n) is 21.2. The summed E-state index contributed by atoms with van der Waals surface area (Å²) in [5, 5.41) is 6.35. The molecular weight excluding hydrogens is 482 g/mol. The zero-order chi connectivity index (χ0) is 26.5. The Bertz CT molecular complexity index is 1340. The minimum Gasteiger partial charge on any atom is -0.353 e. The summed E-state index contributed by atoms with van der Waals surface area (Å²) in [5.41, 5.74) is 5.67. The largest absolute Gasteiger partial charge is 0.353 e. The molecule has 0 radical (unpaired) electrons. The number of carbonyl (C=O) groups is 1. The number of pyridine rings is 1. The lowest BCUT2D eigenvalue weighted by Gasteiger charge is -2.23. The molecule has 0 spiro atoms. The predicted molar refractivity (Wildman–Crippen MR) is 140 cm³/mol. The molecule has 3 N–H and O–H groups in total. The van der Waals surface area contributed by atoms with Crippen molar-refractivity contribution in [3.05, 3.63) is 59.2 Å². The van der Waals surface area contributed by atoms with Gasteiger partial charge in [0.1, 0.15) is 17.5 Å². The lowest BCUT2D eigenvalue weighted by Crippen LogP contribution is -2.26. The second-order valence-corrected chi connectivity index (χ2v) is 10.1. The van der Waals surface area contributed by atoms with Crippen LogP contribution in [0.25, 0.3) is 0 Å². The highest BCUT2D eigenvalue weighted by Crippen LogP contribution is 2.33. The molecule has 1 amide bonds. The number of rotatable bonds is 10. The lowest BCUT2D eigenvalue weighted by atomic mass is 10.1. The fourth-order valence-electron chi connectivity index (χ4n) is 3.40. The van der Waals surface area contributed by atoms with E-state index in [-0.39, 0.29) is 12.2 Å². The third-order valence-corrected chi connectivity index (χ3v) is 6.45.